The summed E-state index contributed by atoms with van der Waals surface area (Å²) in [6, 6.07) is 0. The van der Waals surface area contributed by atoms with E-state index in [9.17, 15) is 4.57 Å². The SMILES string of the molecule is CCCCC(CC)OP(=O)(OCCC)OC(CC)CCCC. The van der Waals surface area contributed by atoms with Crippen LogP contribution in [0.4, 0.5) is 0 Å². The Labute approximate surface area is 137 Å². The minimum Gasteiger partial charge on any atom is -0.287 e. The molecule has 2 atom stereocenters. The quantitative estimate of drug-likeness (QED) is 0.320. The van der Waals surface area contributed by atoms with Crippen molar-refractivity contribution in [3.05, 3.63) is 0 Å². The molecule has 22 heavy (non-hydrogen) atoms. The first-order valence-electron chi connectivity index (χ1n) is 9.16. The Bertz CT molecular complexity index is 274. The lowest BCUT2D eigenvalue weighted by atomic mass is 10.1. The highest BCUT2D eigenvalue weighted by Gasteiger charge is 2.32. The molecule has 0 aliphatic carbocycles. The summed E-state index contributed by atoms with van der Waals surface area (Å²) in [6.45, 7) is 10.8. The molecule has 0 aromatic carbocycles. The number of phosphoric ester groups is 1. The van der Waals surface area contributed by atoms with Crippen LogP contribution in [-0.4, -0.2) is 18.8 Å². The number of unbranched alkanes of at least 4 members (excludes halogenated alkanes) is 2. The third kappa shape index (κ3) is 9.99. The Hall–Kier alpha value is 0.110. The standard InChI is InChI=1S/C17H37O4P/c1-6-11-13-16(9-4)20-22(18,19-15-8-3)21-17(10-5)14-12-7-2/h16-17H,6-15H2,1-5H3. The van der Waals surface area contributed by atoms with Crippen LogP contribution in [0.5, 0.6) is 0 Å². The zero-order chi connectivity index (χ0) is 16.8. The van der Waals surface area contributed by atoms with Crippen LogP contribution in [0.25, 0.3) is 0 Å². The molecule has 0 bridgehead atoms. The molecule has 2 unspecified atom stereocenters. The molecule has 0 spiro atoms. The molecule has 4 nitrogen and oxygen atoms in total. The third-order valence-electron chi connectivity index (χ3n) is 3.68. The molecule has 0 fully saturated rings. The second kappa shape index (κ2) is 13.5. The van der Waals surface area contributed by atoms with Crippen LogP contribution in [0, 0.1) is 0 Å². The van der Waals surface area contributed by atoms with Crippen LogP contribution >= 0.6 is 7.82 Å². The van der Waals surface area contributed by atoms with E-state index in [0.717, 1.165) is 57.8 Å². The van der Waals surface area contributed by atoms with Crippen molar-refractivity contribution < 1.29 is 18.1 Å². The minimum atomic E-state index is -3.46. The molecule has 0 aliphatic heterocycles. The Morgan fingerprint density at radius 2 is 1.23 bits per heavy atom. The summed E-state index contributed by atoms with van der Waals surface area (Å²) in [6.07, 6.45) is 8.51. The molecule has 134 valence electrons. The van der Waals surface area contributed by atoms with E-state index in [4.69, 9.17) is 13.6 Å². The van der Waals surface area contributed by atoms with Gasteiger partial charge in [0.25, 0.3) is 0 Å². The largest absolute Gasteiger partial charge is 0.475 e. The molecular formula is C17H37O4P. The minimum absolute atomic E-state index is 0.0497. The van der Waals surface area contributed by atoms with Crippen LogP contribution in [0.1, 0.15) is 92.4 Å². The summed E-state index contributed by atoms with van der Waals surface area (Å²) in [5.41, 5.74) is 0. The second-order valence-corrected chi connectivity index (χ2v) is 7.41. The second-order valence-electron chi connectivity index (χ2n) is 5.84. The van der Waals surface area contributed by atoms with Gasteiger partial charge in [-0.1, -0.05) is 60.3 Å². The van der Waals surface area contributed by atoms with Crippen molar-refractivity contribution in [2.45, 2.75) is 105 Å². The van der Waals surface area contributed by atoms with Crippen molar-refractivity contribution >= 4 is 7.82 Å². The highest BCUT2D eigenvalue weighted by molar-refractivity contribution is 7.48. The van der Waals surface area contributed by atoms with Crippen molar-refractivity contribution in [2.24, 2.45) is 0 Å². The lowest BCUT2D eigenvalue weighted by Gasteiger charge is -2.26. The first-order valence-corrected chi connectivity index (χ1v) is 10.6. The van der Waals surface area contributed by atoms with Crippen LogP contribution < -0.4 is 0 Å². The molecular weight excluding hydrogens is 299 g/mol. The van der Waals surface area contributed by atoms with Gasteiger partial charge in [-0.25, -0.2) is 4.57 Å². The van der Waals surface area contributed by atoms with Gasteiger partial charge in [-0.2, -0.15) is 0 Å². The fourth-order valence-corrected chi connectivity index (χ4v) is 4.00. The fraction of sp³-hybridized carbons (Fsp3) is 1.00. The van der Waals surface area contributed by atoms with Gasteiger partial charge in [0.05, 0.1) is 18.8 Å². The normalized spacial score (nSPS) is 17.1. The lowest BCUT2D eigenvalue weighted by Crippen LogP contribution is -2.17. The van der Waals surface area contributed by atoms with E-state index in [1.165, 1.54) is 0 Å². The summed E-state index contributed by atoms with van der Waals surface area (Å²) in [5, 5.41) is 0. The van der Waals surface area contributed by atoms with Gasteiger partial charge in [0, 0.05) is 0 Å². The smallest absolute Gasteiger partial charge is 0.287 e. The molecule has 0 aromatic rings. The zero-order valence-electron chi connectivity index (χ0n) is 15.3. The molecule has 0 amide bonds. The van der Waals surface area contributed by atoms with Crippen LogP contribution in [-0.2, 0) is 18.1 Å². The molecule has 0 aliphatic rings. The average molecular weight is 336 g/mol. The molecule has 0 saturated carbocycles. The van der Waals surface area contributed by atoms with Gasteiger partial charge in [-0.3, -0.25) is 13.6 Å². The van der Waals surface area contributed by atoms with E-state index < -0.39 is 7.82 Å². The average Bonchev–Trinajstić information content (AvgIpc) is 2.53. The molecule has 5 heteroatoms. The predicted molar refractivity (Wildman–Crippen MR) is 93.2 cm³/mol. The maximum absolute atomic E-state index is 13.0. The first kappa shape index (κ1) is 22.1. The fourth-order valence-electron chi connectivity index (χ4n) is 2.18. The van der Waals surface area contributed by atoms with Crippen LogP contribution in [0.2, 0.25) is 0 Å². The number of rotatable bonds is 15. The molecule has 0 heterocycles. The maximum atomic E-state index is 13.0. The zero-order valence-corrected chi connectivity index (χ0v) is 16.2. The molecule has 0 rings (SSSR count). The Morgan fingerprint density at radius 3 is 1.55 bits per heavy atom. The summed E-state index contributed by atoms with van der Waals surface area (Å²) < 4.78 is 30.1. The van der Waals surface area contributed by atoms with Crippen molar-refractivity contribution in [2.75, 3.05) is 6.61 Å². The van der Waals surface area contributed by atoms with E-state index >= 15 is 0 Å². The third-order valence-corrected chi connectivity index (χ3v) is 5.29. The maximum Gasteiger partial charge on any atom is 0.475 e. The van der Waals surface area contributed by atoms with Gasteiger partial charge < -0.3 is 0 Å². The van der Waals surface area contributed by atoms with Gasteiger partial charge in [0.15, 0.2) is 0 Å². The van der Waals surface area contributed by atoms with Crippen molar-refractivity contribution in [1.29, 1.82) is 0 Å². The van der Waals surface area contributed by atoms with Gasteiger partial charge in [-0.05, 0) is 32.1 Å². The van der Waals surface area contributed by atoms with Crippen molar-refractivity contribution in [3.63, 3.8) is 0 Å². The summed E-state index contributed by atoms with van der Waals surface area (Å²) in [7, 11) is -3.46. The Balaban J connectivity index is 4.75. The van der Waals surface area contributed by atoms with E-state index in [-0.39, 0.29) is 12.2 Å². The summed E-state index contributed by atoms with van der Waals surface area (Å²) >= 11 is 0. The molecule has 0 radical (unpaired) electrons. The van der Waals surface area contributed by atoms with E-state index in [1.54, 1.807) is 0 Å². The highest BCUT2D eigenvalue weighted by Crippen LogP contribution is 2.53. The molecule has 0 aromatic heterocycles. The Kier molecular flexibility index (Phi) is 13.6. The van der Waals surface area contributed by atoms with Crippen molar-refractivity contribution in [3.8, 4) is 0 Å². The van der Waals surface area contributed by atoms with Gasteiger partial charge in [0.2, 0.25) is 0 Å². The van der Waals surface area contributed by atoms with Crippen LogP contribution in [0.15, 0.2) is 0 Å². The topological polar surface area (TPSA) is 44.8 Å². The van der Waals surface area contributed by atoms with E-state index in [2.05, 4.69) is 27.7 Å². The number of hydrogen-bond donors (Lipinski definition) is 0. The first-order chi connectivity index (χ1) is 10.5. The van der Waals surface area contributed by atoms with E-state index in [0.29, 0.717) is 6.61 Å². The summed E-state index contributed by atoms with van der Waals surface area (Å²) in [5.74, 6) is 0. The highest BCUT2D eigenvalue weighted by atomic mass is 31.2. The number of phosphoric acid groups is 1. The Morgan fingerprint density at radius 1 is 0.773 bits per heavy atom. The molecule has 0 N–H and O–H groups in total. The predicted octanol–water partition coefficient (Wildman–Crippen LogP) is 6.49. The van der Waals surface area contributed by atoms with Gasteiger partial charge in [-0.15, -0.1) is 0 Å². The van der Waals surface area contributed by atoms with Gasteiger partial charge >= 0.3 is 7.82 Å². The van der Waals surface area contributed by atoms with Crippen LogP contribution in [0.3, 0.4) is 0 Å². The van der Waals surface area contributed by atoms with E-state index in [1.807, 2.05) is 6.92 Å². The summed E-state index contributed by atoms with van der Waals surface area (Å²) in [4.78, 5) is 0. The van der Waals surface area contributed by atoms with Crippen molar-refractivity contribution in [1.82, 2.24) is 0 Å². The number of hydrogen-bond acceptors (Lipinski definition) is 4. The molecule has 0 saturated heterocycles. The monoisotopic (exact) mass is 336 g/mol. The lowest BCUT2D eigenvalue weighted by molar-refractivity contribution is 0.0432. The van der Waals surface area contributed by atoms with Gasteiger partial charge in [0.1, 0.15) is 0 Å².